The minimum Gasteiger partial charge on any atom is -0.389 e. The Kier molecular flexibility index (Phi) is 4.46. The Balaban J connectivity index is 2.28. The van der Waals surface area contributed by atoms with Crippen LogP contribution < -0.4 is 10.6 Å². The van der Waals surface area contributed by atoms with Crippen molar-refractivity contribution in [2.45, 2.75) is 45.6 Å². The average molecular weight is 276 g/mol. The fourth-order valence-corrected chi connectivity index (χ4v) is 3.30. The zero-order chi connectivity index (χ0) is 14.0. The molecule has 0 aromatic heterocycles. The maximum absolute atomic E-state index is 5.88. The summed E-state index contributed by atoms with van der Waals surface area (Å²) in [5.74, 6) is 0.872. The summed E-state index contributed by atoms with van der Waals surface area (Å²) in [7, 11) is 2.19. The molecule has 0 bridgehead atoms. The normalized spacial score (nSPS) is 23.1. The Labute approximate surface area is 122 Å². The molecule has 2 nitrogen and oxygen atoms in total. The number of benzene rings is 1. The molecule has 3 heteroatoms. The molecule has 1 saturated carbocycles. The molecule has 0 unspecified atom stereocenters. The second kappa shape index (κ2) is 5.91. The Morgan fingerprint density at radius 1 is 1.26 bits per heavy atom. The molecule has 0 spiro atoms. The van der Waals surface area contributed by atoms with E-state index in [1.165, 1.54) is 36.9 Å². The lowest BCUT2D eigenvalue weighted by atomic mass is 9.86. The van der Waals surface area contributed by atoms with Crippen molar-refractivity contribution in [1.82, 2.24) is 0 Å². The molecule has 0 saturated heterocycles. The highest BCUT2D eigenvalue weighted by molar-refractivity contribution is 7.80. The maximum Gasteiger partial charge on any atom is 0.106 e. The summed E-state index contributed by atoms with van der Waals surface area (Å²) < 4.78 is 0. The van der Waals surface area contributed by atoms with Gasteiger partial charge in [-0.3, -0.25) is 0 Å². The van der Waals surface area contributed by atoms with Crippen LogP contribution in [0.15, 0.2) is 18.2 Å². The van der Waals surface area contributed by atoms with Crippen molar-refractivity contribution in [2.24, 2.45) is 11.7 Å². The summed E-state index contributed by atoms with van der Waals surface area (Å²) in [4.78, 5) is 2.89. The minimum absolute atomic E-state index is 0.495. The Bertz CT molecular complexity index is 462. The lowest BCUT2D eigenvalue weighted by Crippen LogP contribution is -2.36. The summed E-state index contributed by atoms with van der Waals surface area (Å²) in [6, 6.07) is 6.82. The van der Waals surface area contributed by atoms with E-state index in [4.69, 9.17) is 18.0 Å². The van der Waals surface area contributed by atoms with Crippen molar-refractivity contribution in [2.75, 3.05) is 11.9 Å². The van der Waals surface area contributed by atoms with Crippen LogP contribution in [0.25, 0.3) is 0 Å². The molecule has 19 heavy (non-hydrogen) atoms. The van der Waals surface area contributed by atoms with E-state index in [-0.39, 0.29) is 0 Å². The molecule has 0 amide bonds. The smallest absolute Gasteiger partial charge is 0.106 e. The van der Waals surface area contributed by atoms with Crippen LogP contribution in [0.1, 0.15) is 43.7 Å². The number of thiocarbonyl (C=S) groups is 1. The van der Waals surface area contributed by atoms with Gasteiger partial charge in [0.1, 0.15) is 4.99 Å². The van der Waals surface area contributed by atoms with Gasteiger partial charge in [-0.2, -0.15) is 0 Å². The molecule has 1 aliphatic rings. The van der Waals surface area contributed by atoms with E-state index in [0.717, 1.165) is 11.5 Å². The van der Waals surface area contributed by atoms with Crippen LogP contribution in [0.2, 0.25) is 0 Å². The first kappa shape index (κ1) is 14.3. The van der Waals surface area contributed by atoms with Crippen LogP contribution in [0, 0.1) is 12.8 Å². The van der Waals surface area contributed by atoms with Gasteiger partial charge in [0, 0.05) is 24.3 Å². The Morgan fingerprint density at radius 3 is 2.47 bits per heavy atom. The summed E-state index contributed by atoms with van der Waals surface area (Å²) in [5, 5.41) is 0. The second-order valence-electron chi connectivity index (χ2n) is 5.86. The van der Waals surface area contributed by atoms with Gasteiger partial charge in [-0.05, 0) is 50.2 Å². The van der Waals surface area contributed by atoms with Gasteiger partial charge in [-0.25, -0.2) is 0 Å². The van der Waals surface area contributed by atoms with E-state index in [9.17, 15) is 0 Å². The molecule has 1 aromatic carbocycles. The Hall–Kier alpha value is -1.09. The van der Waals surface area contributed by atoms with E-state index in [1.807, 2.05) is 12.1 Å². The molecule has 1 aliphatic carbocycles. The van der Waals surface area contributed by atoms with Gasteiger partial charge >= 0.3 is 0 Å². The van der Waals surface area contributed by atoms with Gasteiger partial charge in [0.15, 0.2) is 0 Å². The van der Waals surface area contributed by atoms with Crippen LogP contribution in [-0.4, -0.2) is 18.1 Å². The number of rotatable bonds is 3. The first-order valence-corrected chi connectivity index (χ1v) is 7.53. The van der Waals surface area contributed by atoms with Crippen LogP contribution >= 0.6 is 12.2 Å². The Morgan fingerprint density at radius 2 is 1.89 bits per heavy atom. The molecule has 2 rings (SSSR count). The van der Waals surface area contributed by atoms with Gasteiger partial charge in [-0.1, -0.05) is 31.3 Å². The standard InChI is InChI=1S/C16H24N2S/c1-11-7-9-13(10-8-11)18(3)15-12(2)5-4-6-14(15)16(17)19/h4-6,11,13H,7-10H2,1-3H3,(H2,17,19). The van der Waals surface area contributed by atoms with Crippen molar-refractivity contribution < 1.29 is 0 Å². The lowest BCUT2D eigenvalue weighted by molar-refractivity contribution is 0.340. The molecule has 104 valence electrons. The van der Waals surface area contributed by atoms with Gasteiger partial charge in [0.05, 0.1) is 0 Å². The predicted octanol–water partition coefficient (Wildman–Crippen LogP) is 3.64. The van der Waals surface area contributed by atoms with Crippen LogP contribution in [0.3, 0.4) is 0 Å². The van der Waals surface area contributed by atoms with E-state index < -0.39 is 0 Å². The largest absolute Gasteiger partial charge is 0.389 e. The maximum atomic E-state index is 5.88. The third kappa shape index (κ3) is 3.08. The van der Waals surface area contributed by atoms with Crippen molar-refractivity contribution in [3.8, 4) is 0 Å². The van der Waals surface area contributed by atoms with E-state index >= 15 is 0 Å². The highest BCUT2D eigenvalue weighted by Crippen LogP contribution is 2.32. The van der Waals surface area contributed by atoms with Crippen molar-refractivity contribution in [3.63, 3.8) is 0 Å². The SMILES string of the molecule is Cc1cccc(C(N)=S)c1N(C)C1CCC(C)CC1. The quantitative estimate of drug-likeness (QED) is 0.855. The number of para-hydroxylation sites is 1. The molecule has 0 heterocycles. The number of hydrogen-bond acceptors (Lipinski definition) is 2. The molecule has 1 fully saturated rings. The summed E-state index contributed by atoms with van der Waals surface area (Å²) in [6.07, 6.45) is 5.18. The highest BCUT2D eigenvalue weighted by Gasteiger charge is 2.24. The minimum atomic E-state index is 0.495. The zero-order valence-corrected chi connectivity index (χ0v) is 13.0. The lowest BCUT2D eigenvalue weighted by Gasteiger charge is -2.36. The third-order valence-electron chi connectivity index (χ3n) is 4.39. The zero-order valence-electron chi connectivity index (χ0n) is 12.1. The molecule has 0 radical (unpaired) electrons. The first-order chi connectivity index (χ1) is 9.00. The topological polar surface area (TPSA) is 29.3 Å². The fourth-order valence-electron chi connectivity index (χ4n) is 3.14. The molecule has 2 N–H and O–H groups in total. The van der Waals surface area contributed by atoms with E-state index in [2.05, 4.69) is 31.9 Å². The van der Waals surface area contributed by atoms with Crippen molar-refractivity contribution in [1.29, 1.82) is 0 Å². The number of nitrogens with zero attached hydrogens (tertiary/aromatic N) is 1. The number of anilines is 1. The van der Waals surface area contributed by atoms with Gasteiger partial charge < -0.3 is 10.6 Å². The molecular formula is C16H24N2S. The monoisotopic (exact) mass is 276 g/mol. The molecular weight excluding hydrogens is 252 g/mol. The van der Waals surface area contributed by atoms with Gasteiger partial charge in [0.25, 0.3) is 0 Å². The van der Waals surface area contributed by atoms with Crippen molar-refractivity contribution >= 4 is 22.9 Å². The molecule has 1 aromatic rings. The van der Waals surface area contributed by atoms with Gasteiger partial charge in [-0.15, -0.1) is 0 Å². The van der Waals surface area contributed by atoms with Crippen molar-refractivity contribution in [3.05, 3.63) is 29.3 Å². The summed E-state index contributed by atoms with van der Waals surface area (Å²) in [5.41, 5.74) is 9.36. The van der Waals surface area contributed by atoms with Crippen LogP contribution in [0.5, 0.6) is 0 Å². The first-order valence-electron chi connectivity index (χ1n) is 7.13. The van der Waals surface area contributed by atoms with Crippen LogP contribution in [-0.2, 0) is 0 Å². The number of aryl methyl sites for hydroxylation is 1. The second-order valence-corrected chi connectivity index (χ2v) is 6.30. The third-order valence-corrected chi connectivity index (χ3v) is 4.61. The van der Waals surface area contributed by atoms with E-state index in [0.29, 0.717) is 11.0 Å². The van der Waals surface area contributed by atoms with E-state index in [1.54, 1.807) is 0 Å². The molecule has 0 atom stereocenters. The highest BCUT2D eigenvalue weighted by atomic mass is 32.1. The number of nitrogens with two attached hydrogens (primary N) is 1. The van der Waals surface area contributed by atoms with Crippen LogP contribution in [0.4, 0.5) is 5.69 Å². The summed E-state index contributed by atoms with van der Waals surface area (Å²) in [6.45, 7) is 4.49. The predicted molar refractivity (Wildman–Crippen MR) is 86.9 cm³/mol. The summed E-state index contributed by atoms with van der Waals surface area (Å²) >= 11 is 5.20. The average Bonchev–Trinajstić information content (AvgIpc) is 2.38. The molecule has 0 aliphatic heterocycles. The van der Waals surface area contributed by atoms with Gasteiger partial charge in [0.2, 0.25) is 0 Å². The number of hydrogen-bond donors (Lipinski definition) is 1. The fraction of sp³-hybridized carbons (Fsp3) is 0.562.